The van der Waals surface area contributed by atoms with Crippen molar-refractivity contribution in [1.29, 1.82) is 0 Å². The van der Waals surface area contributed by atoms with Crippen molar-refractivity contribution in [3.8, 4) is 0 Å². The first-order chi connectivity index (χ1) is 11.0. The smallest absolute Gasteiger partial charge is 0.270 e. The Bertz CT molecular complexity index is 886. The van der Waals surface area contributed by atoms with E-state index in [1.807, 2.05) is 0 Å². The van der Waals surface area contributed by atoms with Crippen molar-refractivity contribution < 1.29 is 13.6 Å². The molecule has 3 nitrogen and oxygen atoms in total. The molecule has 0 radical (unpaired) electrons. The molecule has 0 aliphatic heterocycles. The molecule has 1 amide bonds. The standard InChI is InChI=1S/C18H16F2N2O/c1-21(11-12-4-3-5-14(19)8-12)18(23)17-9-13-6-7-15(20)10-16(13)22(17)2/h3-10H,11H2,1-2H3. The van der Waals surface area contributed by atoms with Gasteiger partial charge < -0.3 is 9.47 Å². The van der Waals surface area contributed by atoms with Gasteiger partial charge in [-0.05, 0) is 42.0 Å². The average molecular weight is 314 g/mol. The largest absolute Gasteiger partial charge is 0.340 e. The molecule has 3 rings (SSSR count). The minimum atomic E-state index is -0.342. The van der Waals surface area contributed by atoms with Gasteiger partial charge in [0.15, 0.2) is 0 Å². The summed E-state index contributed by atoms with van der Waals surface area (Å²) in [5.41, 5.74) is 1.84. The van der Waals surface area contributed by atoms with E-state index in [-0.39, 0.29) is 17.5 Å². The van der Waals surface area contributed by atoms with Crippen molar-refractivity contribution in [3.05, 3.63) is 71.4 Å². The predicted molar refractivity (Wildman–Crippen MR) is 85.1 cm³/mol. The highest BCUT2D eigenvalue weighted by Crippen LogP contribution is 2.21. The molecule has 0 unspecified atom stereocenters. The van der Waals surface area contributed by atoms with Crippen LogP contribution in [0.3, 0.4) is 0 Å². The zero-order valence-electron chi connectivity index (χ0n) is 12.9. The summed E-state index contributed by atoms with van der Waals surface area (Å²) in [6, 6.07) is 12.3. The SMILES string of the molecule is CN(Cc1cccc(F)c1)C(=O)c1cc2ccc(F)cc2n1C. The van der Waals surface area contributed by atoms with Gasteiger partial charge >= 0.3 is 0 Å². The van der Waals surface area contributed by atoms with E-state index in [9.17, 15) is 13.6 Å². The summed E-state index contributed by atoms with van der Waals surface area (Å²) >= 11 is 0. The van der Waals surface area contributed by atoms with Crippen LogP contribution in [-0.4, -0.2) is 22.4 Å². The first-order valence-electron chi connectivity index (χ1n) is 7.20. The topological polar surface area (TPSA) is 25.2 Å². The molecule has 3 aromatic rings. The summed E-state index contributed by atoms with van der Waals surface area (Å²) in [7, 11) is 3.39. The molecule has 0 saturated heterocycles. The Morgan fingerprint density at radius 1 is 1.09 bits per heavy atom. The fraction of sp³-hybridized carbons (Fsp3) is 0.167. The molecule has 0 aliphatic carbocycles. The average Bonchev–Trinajstić information content (AvgIpc) is 2.83. The maximum absolute atomic E-state index is 13.4. The number of fused-ring (bicyclic) bond motifs is 1. The zero-order valence-corrected chi connectivity index (χ0v) is 12.9. The number of halogens is 2. The predicted octanol–water partition coefficient (Wildman–Crippen LogP) is 3.73. The molecule has 23 heavy (non-hydrogen) atoms. The first kappa shape index (κ1) is 15.2. The van der Waals surface area contributed by atoms with Gasteiger partial charge in [-0.1, -0.05) is 12.1 Å². The molecule has 118 valence electrons. The highest BCUT2D eigenvalue weighted by atomic mass is 19.1. The molecule has 0 bridgehead atoms. The van der Waals surface area contributed by atoms with Crippen LogP contribution >= 0.6 is 0 Å². The second-order valence-corrected chi connectivity index (χ2v) is 5.58. The number of aryl methyl sites for hydroxylation is 1. The molecule has 1 aromatic heterocycles. The Morgan fingerprint density at radius 3 is 2.57 bits per heavy atom. The highest BCUT2D eigenvalue weighted by molar-refractivity contribution is 5.98. The van der Waals surface area contributed by atoms with Crippen molar-refractivity contribution in [2.75, 3.05) is 7.05 Å². The first-order valence-corrected chi connectivity index (χ1v) is 7.20. The maximum Gasteiger partial charge on any atom is 0.270 e. The number of rotatable bonds is 3. The van der Waals surface area contributed by atoms with Gasteiger partial charge in [0, 0.05) is 26.0 Å². The number of carbonyl (C=O) groups is 1. The van der Waals surface area contributed by atoms with Crippen LogP contribution in [0.1, 0.15) is 16.1 Å². The van der Waals surface area contributed by atoms with Crippen LogP contribution < -0.4 is 0 Å². The highest BCUT2D eigenvalue weighted by Gasteiger charge is 2.18. The van der Waals surface area contributed by atoms with E-state index in [4.69, 9.17) is 0 Å². The van der Waals surface area contributed by atoms with Gasteiger partial charge in [-0.2, -0.15) is 0 Å². The van der Waals surface area contributed by atoms with E-state index in [0.29, 0.717) is 23.3 Å². The van der Waals surface area contributed by atoms with Crippen LogP contribution in [0.2, 0.25) is 0 Å². The van der Waals surface area contributed by atoms with Crippen LogP contribution in [0.5, 0.6) is 0 Å². The van der Waals surface area contributed by atoms with E-state index < -0.39 is 0 Å². The minimum Gasteiger partial charge on any atom is -0.340 e. The lowest BCUT2D eigenvalue weighted by Gasteiger charge is -2.17. The number of hydrogen-bond donors (Lipinski definition) is 0. The molecule has 0 atom stereocenters. The molecule has 0 aliphatic rings. The normalized spacial score (nSPS) is 11.0. The van der Waals surface area contributed by atoms with Crippen LogP contribution in [0.15, 0.2) is 48.5 Å². The Labute approximate surface area is 132 Å². The van der Waals surface area contributed by atoms with Gasteiger partial charge in [-0.25, -0.2) is 8.78 Å². The monoisotopic (exact) mass is 314 g/mol. The second kappa shape index (κ2) is 5.83. The Morgan fingerprint density at radius 2 is 1.83 bits per heavy atom. The number of benzene rings is 2. The van der Waals surface area contributed by atoms with Crippen molar-refractivity contribution in [2.45, 2.75) is 6.54 Å². The number of amides is 1. The summed E-state index contributed by atoms with van der Waals surface area (Å²) in [5, 5.41) is 0.802. The molecule has 5 heteroatoms. The van der Waals surface area contributed by atoms with Gasteiger partial charge in [0.2, 0.25) is 0 Å². The lowest BCUT2D eigenvalue weighted by Crippen LogP contribution is -2.27. The number of carbonyl (C=O) groups excluding carboxylic acids is 1. The molecule has 0 fully saturated rings. The quantitative estimate of drug-likeness (QED) is 0.723. The van der Waals surface area contributed by atoms with E-state index in [1.165, 1.54) is 29.2 Å². The number of hydrogen-bond acceptors (Lipinski definition) is 1. The minimum absolute atomic E-state index is 0.201. The molecule has 1 heterocycles. The summed E-state index contributed by atoms with van der Waals surface area (Å²) in [5.74, 6) is -0.873. The maximum atomic E-state index is 13.4. The van der Waals surface area contributed by atoms with Crippen molar-refractivity contribution in [1.82, 2.24) is 9.47 Å². The fourth-order valence-corrected chi connectivity index (χ4v) is 2.68. The lowest BCUT2D eigenvalue weighted by atomic mass is 10.2. The third-order valence-electron chi connectivity index (χ3n) is 3.88. The Balaban J connectivity index is 1.89. The Hall–Kier alpha value is -2.69. The third kappa shape index (κ3) is 2.95. The van der Waals surface area contributed by atoms with E-state index in [2.05, 4.69) is 0 Å². The summed E-state index contributed by atoms with van der Waals surface area (Å²) < 4.78 is 28.3. The molecule has 0 saturated carbocycles. The van der Waals surface area contributed by atoms with Crippen molar-refractivity contribution in [2.24, 2.45) is 7.05 Å². The lowest BCUT2D eigenvalue weighted by molar-refractivity contribution is 0.0776. The van der Waals surface area contributed by atoms with Crippen molar-refractivity contribution in [3.63, 3.8) is 0 Å². The molecule has 0 N–H and O–H groups in total. The van der Waals surface area contributed by atoms with Gasteiger partial charge in [-0.15, -0.1) is 0 Å². The van der Waals surface area contributed by atoms with Crippen LogP contribution in [-0.2, 0) is 13.6 Å². The van der Waals surface area contributed by atoms with Gasteiger partial charge in [0.05, 0.1) is 5.52 Å². The second-order valence-electron chi connectivity index (χ2n) is 5.58. The number of aromatic nitrogens is 1. The number of nitrogens with zero attached hydrogens (tertiary/aromatic N) is 2. The van der Waals surface area contributed by atoms with Crippen LogP contribution in [0, 0.1) is 11.6 Å². The molecular formula is C18H16F2N2O. The van der Waals surface area contributed by atoms with E-state index in [0.717, 1.165) is 5.39 Å². The summed E-state index contributed by atoms with van der Waals surface area (Å²) in [6.45, 7) is 0.298. The fourth-order valence-electron chi connectivity index (χ4n) is 2.68. The molecular weight excluding hydrogens is 298 g/mol. The van der Waals surface area contributed by atoms with Gasteiger partial charge in [0.1, 0.15) is 17.3 Å². The van der Waals surface area contributed by atoms with E-state index >= 15 is 0 Å². The van der Waals surface area contributed by atoms with Crippen LogP contribution in [0.4, 0.5) is 8.78 Å². The molecule has 2 aromatic carbocycles. The zero-order chi connectivity index (χ0) is 16.6. The summed E-state index contributed by atoms with van der Waals surface area (Å²) in [6.07, 6.45) is 0. The van der Waals surface area contributed by atoms with Gasteiger partial charge in [-0.3, -0.25) is 4.79 Å². The van der Waals surface area contributed by atoms with Crippen LogP contribution in [0.25, 0.3) is 10.9 Å². The summed E-state index contributed by atoms with van der Waals surface area (Å²) in [4.78, 5) is 14.1. The Kier molecular flexibility index (Phi) is 3.86. The van der Waals surface area contributed by atoms with Crippen molar-refractivity contribution >= 4 is 16.8 Å². The van der Waals surface area contributed by atoms with Gasteiger partial charge in [0.25, 0.3) is 5.91 Å². The van der Waals surface area contributed by atoms with E-state index in [1.54, 1.807) is 42.9 Å². The molecule has 0 spiro atoms. The third-order valence-corrected chi connectivity index (χ3v) is 3.88.